The molecular weight excluding hydrogens is 177 g/mol. The molecule has 1 heterocycles. The third-order valence-corrected chi connectivity index (χ3v) is 2.23. The monoisotopic (exact) mass is 187 g/mol. The van der Waals surface area contributed by atoms with Gasteiger partial charge in [0, 0.05) is 0 Å². The summed E-state index contributed by atoms with van der Waals surface area (Å²) in [5.74, 6) is 2.28. The van der Waals surface area contributed by atoms with E-state index < -0.39 is 0 Å². The second-order valence-corrected chi connectivity index (χ2v) is 2.95. The quantitative estimate of drug-likeness (QED) is 0.450. The second kappa shape index (κ2) is 4.46. The van der Waals surface area contributed by atoms with Gasteiger partial charge in [-0.25, -0.2) is 0 Å². The van der Waals surface area contributed by atoms with Gasteiger partial charge in [0.25, 0.3) is 0 Å². The molecule has 0 aromatic heterocycles. The number of carbonyl (C=O) groups excluding carboxylic acids is 1. The summed E-state index contributed by atoms with van der Waals surface area (Å²) in [7, 11) is 1.17. The van der Waals surface area contributed by atoms with Crippen LogP contribution in [0, 0.1) is 5.75 Å². The predicted octanol–water partition coefficient (Wildman–Crippen LogP) is 0.832. The first kappa shape index (κ1) is 9.53. The molecule has 1 aliphatic heterocycles. The summed E-state index contributed by atoms with van der Waals surface area (Å²) in [6.07, 6.45) is 1.68. The number of esters is 1. The summed E-state index contributed by atoms with van der Waals surface area (Å²) < 4.78 is 14.8. The van der Waals surface area contributed by atoms with Gasteiger partial charge in [-0.2, -0.15) is 0 Å². The molecule has 0 unspecified atom stereocenters. The van der Waals surface area contributed by atoms with Gasteiger partial charge < -0.3 is 0 Å². The molecule has 1 aliphatic rings. The van der Waals surface area contributed by atoms with Crippen LogP contribution in [-0.2, 0) is 14.1 Å². The van der Waals surface area contributed by atoms with Gasteiger partial charge >= 0.3 is 71.2 Å². The van der Waals surface area contributed by atoms with E-state index in [1.165, 1.54) is 7.11 Å². The van der Waals surface area contributed by atoms with Crippen molar-refractivity contribution in [2.75, 3.05) is 13.7 Å². The fourth-order valence-electron chi connectivity index (χ4n) is 1.32. The van der Waals surface area contributed by atoms with E-state index in [-0.39, 0.29) is 19.9 Å². The number of rotatable bonds is 1. The average Bonchev–Trinajstić information content (AvgIpc) is 2.52. The van der Waals surface area contributed by atoms with Gasteiger partial charge in [-0.1, -0.05) is 0 Å². The van der Waals surface area contributed by atoms with Crippen molar-refractivity contribution in [2.45, 2.75) is 18.9 Å². The summed E-state index contributed by atoms with van der Waals surface area (Å²) in [6.45, 7) is 0.731. The number of ether oxygens (including phenoxy) is 1. The zero-order valence-electron chi connectivity index (χ0n) is 6.82. The Morgan fingerprint density at radius 2 is 2.50 bits per heavy atom. The molecule has 0 bridgehead atoms. The second-order valence-electron chi connectivity index (χ2n) is 2.57. The number of nitrogens with zero attached hydrogens (tertiary/aromatic N) is 1. The molecule has 1 rings (SSSR count). The molecule has 0 aromatic rings. The number of hydrogen-bond donors (Lipinski definition) is 0. The van der Waals surface area contributed by atoms with Crippen molar-refractivity contribution in [1.29, 1.82) is 0 Å². The number of likely N-dealkylation sites (tertiary alicyclic amines) is 1. The Morgan fingerprint density at radius 1 is 1.75 bits per heavy atom. The molecule has 1 fully saturated rings. The fourth-order valence-corrected chi connectivity index (χ4v) is 1.66. The summed E-state index contributed by atoms with van der Waals surface area (Å²) in [5, 5.41) is 0. The van der Waals surface area contributed by atoms with Crippen LogP contribution in [0.2, 0.25) is 0 Å². The molecule has 12 heavy (non-hydrogen) atoms. The minimum absolute atomic E-state index is 0.181. The van der Waals surface area contributed by atoms with Gasteiger partial charge in [0.2, 0.25) is 0 Å². The van der Waals surface area contributed by atoms with Gasteiger partial charge in [0.15, 0.2) is 0 Å². The topological polar surface area (TPSA) is 46.6 Å². The van der Waals surface area contributed by atoms with Crippen molar-refractivity contribution in [3.63, 3.8) is 0 Å². The molecule has 0 aromatic carbocycles. The number of methoxy groups -OCH3 is 1. The normalized spacial score (nSPS) is 23.2. The van der Waals surface area contributed by atoms with Gasteiger partial charge in [-0.05, 0) is 0 Å². The zero-order valence-corrected chi connectivity index (χ0v) is 7.71. The first-order chi connectivity index (χ1) is 5.79. The van der Waals surface area contributed by atoms with Crippen LogP contribution >= 0.6 is 7.92 Å². The number of carbonyl (C=O) groups is 1. The third kappa shape index (κ3) is 1.98. The first-order valence-electron chi connectivity index (χ1n) is 3.72. The molecule has 0 saturated carbocycles. The minimum atomic E-state index is -0.281. The van der Waals surface area contributed by atoms with E-state index in [0.717, 1.165) is 19.4 Å². The molecule has 5 heteroatoms. The summed E-state index contributed by atoms with van der Waals surface area (Å²) in [4.78, 5) is 12.7. The maximum atomic E-state index is 11.1. The van der Waals surface area contributed by atoms with E-state index in [1.807, 2.05) is 0 Å². The molecule has 0 radical (unpaired) electrons. The standard InChI is InChI=1S/C7H10NO3P/c1-11-7(9)6-3-2-4-8(6)5-12-10/h6H,2-4H2,1H3/t6-/m0/s1. The van der Waals surface area contributed by atoms with Gasteiger partial charge in [0.05, 0.1) is 0 Å². The molecule has 0 N–H and O–H groups in total. The molecule has 0 aliphatic carbocycles. The molecular formula is C7H10NO3P. The van der Waals surface area contributed by atoms with Crippen molar-refractivity contribution >= 4 is 13.9 Å². The van der Waals surface area contributed by atoms with Crippen LogP contribution in [0.3, 0.4) is 0 Å². The Kier molecular flexibility index (Phi) is 3.54. The molecule has 0 spiro atoms. The van der Waals surface area contributed by atoms with Crippen LogP contribution in [0.4, 0.5) is 0 Å². The van der Waals surface area contributed by atoms with E-state index in [0.29, 0.717) is 0 Å². The predicted molar refractivity (Wildman–Crippen MR) is 43.2 cm³/mol. The van der Waals surface area contributed by atoms with E-state index in [9.17, 15) is 9.36 Å². The van der Waals surface area contributed by atoms with E-state index in [4.69, 9.17) is 0 Å². The van der Waals surface area contributed by atoms with Crippen molar-refractivity contribution in [2.24, 2.45) is 0 Å². The molecule has 1 saturated heterocycles. The third-order valence-electron chi connectivity index (χ3n) is 1.90. The molecule has 0 amide bonds. The Balaban J connectivity index is 2.67. The van der Waals surface area contributed by atoms with E-state index in [2.05, 4.69) is 10.5 Å². The molecule has 66 valence electrons. The van der Waals surface area contributed by atoms with Crippen molar-refractivity contribution in [3.05, 3.63) is 0 Å². The zero-order chi connectivity index (χ0) is 8.97. The van der Waals surface area contributed by atoms with Crippen molar-refractivity contribution in [1.82, 2.24) is 4.90 Å². The first-order valence-corrected chi connectivity index (χ1v) is 4.53. The van der Waals surface area contributed by atoms with Crippen molar-refractivity contribution < 1.29 is 14.1 Å². The Bertz CT molecular complexity index is 271. The van der Waals surface area contributed by atoms with Gasteiger partial charge in [-0.3, -0.25) is 0 Å². The fraction of sp³-hybridized carbons (Fsp3) is 0.714. The Morgan fingerprint density at radius 3 is 3.08 bits per heavy atom. The van der Waals surface area contributed by atoms with Crippen LogP contribution in [0.5, 0.6) is 0 Å². The van der Waals surface area contributed by atoms with E-state index >= 15 is 0 Å². The van der Waals surface area contributed by atoms with Crippen LogP contribution < -0.4 is 0 Å². The summed E-state index contributed by atoms with van der Waals surface area (Å²) >= 11 is 0. The van der Waals surface area contributed by atoms with E-state index in [1.54, 1.807) is 4.90 Å². The SMILES string of the molecule is COC(=O)[C@@H]1CCCN1C#P=O. The maximum absolute atomic E-state index is 11.1. The summed E-state index contributed by atoms with van der Waals surface area (Å²) in [6, 6.07) is -0.281. The van der Waals surface area contributed by atoms with Gasteiger partial charge in [-0.15, -0.1) is 0 Å². The van der Waals surface area contributed by atoms with Gasteiger partial charge in [0.1, 0.15) is 0 Å². The van der Waals surface area contributed by atoms with Crippen LogP contribution in [-0.4, -0.2) is 30.6 Å². The number of hydrogen-bond acceptors (Lipinski definition) is 4. The van der Waals surface area contributed by atoms with Crippen LogP contribution in [0.1, 0.15) is 12.8 Å². The Hall–Kier alpha value is -0.560. The van der Waals surface area contributed by atoms with Crippen LogP contribution in [0.15, 0.2) is 0 Å². The summed E-state index contributed by atoms with van der Waals surface area (Å²) in [5.41, 5.74) is 0. The van der Waals surface area contributed by atoms with Crippen LogP contribution in [0.25, 0.3) is 0 Å². The molecule has 4 nitrogen and oxygen atoms in total. The molecule has 1 atom stereocenters. The Labute approximate surface area is 72.0 Å². The van der Waals surface area contributed by atoms with Crippen molar-refractivity contribution in [3.8, 4) is 5.75 Å². The average molecular weight is 187 g/mol.